The van der Waals surface area contributed by atoms with Crippen molar-refractivity contribution in [2.75, 3.05) is 19.6 Å². The zero-order chi connectivity index (χ0) is 17.6. The molecule has 3 N–H and O–H groups in total. The monoisotopic (exact) mass is 384 g/mol. The summed E-state index contributed by atoms with van der Waals surface area (Å²) in [6, 6.07) is 6.13. The van der Waals surface area contributed by atoms with E-state index in [2.05, 4.69) is 31.6 Å². The van der Waals surface area contributed by atoms with Crippen molar-refractivity contribution in [1.29, 1.82) is 0 Å². The number of hydrogen-bond acceptors (Lipinski definition) is 4. The van der Waals surface area contributed by atoms with Crippen LogP contribution in [0.25, 0.3) is 11.3 Å². The van der Waals surface area contributed by atoms with Crippen LogP contribution in [0.4, 0.5) is 8.78 Å². The fraction of sp³-hybridized carbons (Fsp3) is 0.294. The van der Waals surface area contributed by atoms with Gasteiger partial charge in [-0.1, -0.05) is 23.8 Å². The van der Waals surface area contributed by atoms with Crippen molar-refractivity contribution in [1.82, 2.24) is 20.8 Å². The van der Waals surface area contributed by atoms with Crippen molar-refractivity contribution >= 4 is 18.3 Å². The first-order valence-electron chi connectivity index (χ1n) is 7.89. The van der Waals surface area contributed by atoms with Crippen LogP contribution in [0.1, 0.15) is 16.8 Å². The number of rotatable bonds is 6. The van der Waals surface area contributed by atoms with Crippen molar-refractivity contribution in [3.8, 4) is 17.0 Å². The van der Waals surface area contributed by atoms with Crippen molar-refractivity contribution in [3.63, 3.8) is 0 Å². The number of ether oxygens (including phenoxy) is 1. The third-order valence-corrected chi connectivity index (χ3v) is 3.87. The van der Waals surface area contributed by atoms with Crippen LogP contribution in [0.15, 0.2) is 42.1 Å². The van der Waals surface area contributed by atoms with Gasteiger partial charge in [0.25, 0.3) is 5.91 Å². The summed E-state index contributed by atoms with van der Waals surface area (Å²) in [6.45, 7) is -0.730. The number of carbonyl (C=O) groups is 1. The fourth-order valence-electron chi connectivity index (χ4n) is 2.63. The standard InChI is InChI=1S/C17H18F2N4O2.ClH/c18-17(19)25-13-3-1-2-12(8-13)15-14(10-22-23-15)16(24)21-9-11-4-6-20-7-5-11;/h1-4,8,10,17,20H,5-7,9H2,(H,21,24)(H,22,23);1H. The van der Waals surface area contributed by atoms with Gasteiger partial charge in [0.1, 0.15) is 5.75 Å². The lowest BCUT2D eigenvalue weighted by Gasteiger charge is -2.14. The van der Waals surface area contributed by atoms with E-state index in [0.29, 0.717) is 23.4 Å². The van der Waals surface area contributed by atoms with E-state index in [-0.39, 0.29) is 24.1 Å². The van der Waals surface area contributed by atoms with Crippen LogP contribution in [-0.4, -0.2) is 42.4 Å². The van der Waals surface area contributed by atoms with Gasteiger partial charge in [-0.05, 0) is 25.1 Å². The third kappa shape index (κ3) is 5.03. The number of benzene rings is 1. The highest BCUT2D eigenvalue weighted by atomic mass is 35.5. The van der Waals surface area contributed by atoms with Crippen molar-refractivity contribution in [2.45, 2.75) is 13.0 Å². The number of amides is 1. The molecule has 0 saturated carbocycles. The molecule has 1 aromatic heterocycles. The van der Waals surface area contributed by atoms with Gasteiger partial charge < -0.3 is 15.4 Å². The maximum Gasteiger partial charge on any atom is 0.387 e. The number of nitrogens with zero attached hydrogens (tertiary/aromatic N) is 1. The maximum absolute atomic E-state index is 12.4. The van der Waals surface area contributed by atoms with E-state index in [0.717, 1.165) is 19.5 Å². The quantitative estimate of drug-likeness (QED) is 0.669. The molecule has 1 amide bonds. The second-order valence-electron chi connectivity index (χ2n) is 5.56. The molecule has 0 bridgehead atoms. The molecular weight excluding hydrogens is 366 g/mol. The van der Waals surface area contributed by atoms with E-state index >= 15 is 0 Å². The first-order valence-corrected chi connectivity index (χ1v) is 7.89. The molecule has 0 atom stereocenters. The average Bonchev–Trinajstić information content (AvgIpc) is 3.10. The van der Waals surface area contributed by atoms with Gasteiger partial charge in [-0.2, -0.15) is 13.9 Å². The highest BCUT2D eigenvalue weighted by Gasteiger charge is 2.16. The van der Waals surface area contributed by atoms with Crippen LogP contribution in [0.2, 0.25) is 0 Å². The lowest BCUT2D eigenvalue weighted by atomic mass is 10.1. The molecule has 1 aliphatic heterocycles. The molecule has 9 heteroatoms. The zero-order valence-corrected chi connectivity index (χ0v) is 14.6. The smallest absolute Gasteiger partial charge is 0.387 e. The molecule has 26 heavy (non-hydrogen) atoms. The summed E-state index contributed by atoms with van der Waals surface area (Å²) in [6.07, 6.45) is 4.37. The summed E-state index contributed by atoms with van der Waals surface area (Å²) in [5.74, 6) is -0.253. The molecule has 1 aliphatic rings. The van der Waals surface area contributed by atoms with Crippen LogP contribution in [0.5, 0.6) is 5.75 Å². The Morgan fingerprint density at radius 3 is 2.96 bits per heavy atom. The van der Waals surface area contributed by atoms with Gasteiger partial charge in [-0.25, -0.2) is 0 Å². The highest BCUT2D eigenvalue weighted by molar-refractivity contribution is 5.99. The van der Waals surface area contributed by atoms with E-state index in [1.807, 2.05) is 0 Å². The average molecular weight is 385 g/mol. The Labute approximate surface area is 155 Å². The normalized spacial score (nSPS) is 13.7. The Balaban J connectivity index is 0.00000243. The molecule has 2 heterocycles. The van der Waals surface area contributed by atoms with Crippen LogP contribution in [0.3, 0.4) is 0 Å². The summed E-state index contributed by atoms with van der Waals surface area (Å²) in [4.78, 5) is 12.4. The predicted octanol–water partition coefficient (Wildman–Crippen LogP) is 2.75. The minimum absolute atomic E-state index is 0. The molecule has 0 saturated heterocycles. The van der Waals surface area contributed by atoms with Crippen molar-refractivity contribution in [3.05, 3.63) is 47.7 Å². The molecule has 1 aromatic carbocycles. The Hall–Kier alpha value is -2.45. The van der Waals surface area contributed by atoms with Gasteiger partial charge in [0.2, 0.25) is 0 Å². The summed E-state index contributed by atoms with van der Waals surface area (Å²) in [7, 11) is 0. The molecule has 6 nitrogen and oxygen atoms in total. The summed E-state index contributed by atoms with van der Waals surface area (Å²) < 4.78 is 29.1. The Kier molecular flexibility index (Phi) is 7.11. The number of halogens is 3. The minimum Gasteiger partial charge on any atom is -0.435 e. The fourth-order valence-corrected chi connectivity index (χ4v) is 2.63. The van der Waals surface area contributed by atoms with E-state index in [1.54, 1.807) is 12.1 Å². The molecule has 0 unspecified atom stereocenters. The molecule has 3 rings (SSSR count). The summed E-state index contributed by atoms with van der Waals surface area (Å²) in [5.41, 5.74) is 2.52. The Bertz CT molecular complexity index is 780. The SMILES string of the molecule is Cl.O=C(NCC1=CCNCC1)c1cn[nH]c1-c1cccc(OC(F)F)c1. The number of alkyl halides is 2. The third-order valence-electron chi connectivity index (χ3n) is 3.87. The molecule has 0 aliphatic carbocycles. The lowest BCUT2D eigenvalue weighted by molar-refractivity contribution is -0.0498. The second kappa shape index (κ2) is 9.30. The van der Waals surface area contributed by atoms with Gasteiger partial charge in [0.15, 0.2) is 0 Å². The number of nitrogens with one attached hydrogen (secondary N) is 3. The largest absolute Gasteiger partial charge is 0.435 e. The second-order valence-corrected chi connectivity index (χ2v) is 5.56. The maximum atomic E-state index is 12.4. The molecule has 0 radical (unpaired) electrons. The zero-order valence-electron chi connectivity index (χ0n) is 13.8. The van der Waals surface area contributed by atoms with Gasteiger partial charge in [-0.15, -0.1) is 12.4 Å². The summed E-state index contributed by atoms with van der Waals surface area (Å²) >= 11 is 0. The number of hydrogen-bond donors (Lipinski definition) is 3. The topological polar surface area (TPSA) is 79.0 Å². The Morgan fingerprint density at radius 2 is 2.23 bits per heavy atom. The number of aromatic nitrogens is 2. The van der Waals surface area contributed by atoms with E-state index in [1.165, 1.54) is 23.9 Å². The predicted molar refractivity (Wildman–Crippen MR) is 95.8 cm³/mol. The molecule has 0 spiro atoms. The van der Waals surface area contributed by atoms with Crippen molar-refractivity contribution < 1.29 is 18.3 Å². The van der Waals surface area contributed by atoms with Gasteiger partial charge in [-0.3, -0.25) is 9.89 Å². The van der Waals surface area contributed by atoms with Gasteiger partial charge in [0.05, 0.1) is 17.5 Å². The molecule has 0 fully saturated rings. The van der Waals surface area contributed by atoms with E-state index in [4.69, 9.17) is 0 Å². The molecular formula is C17H19ClF2N4O2. The van der Waals surface area contributed by atoms with Crippen LogP contribution in [0, 0.1) is 0 Å². The van der Waals surface area contributed by atoms with Gasteiger partial charge in [0, 0.05) is 18.7 Å². The van der Waals surface area contributed by atoms with Crippen LogP contribution >= 0.6 is 12.4 Å². The number of aromatic amines is 1. The van der Waals surface area contributed by atoms with E-state index in [9.17, 15) is 13.6 Å². The first-order chi connectivity index (χ1) is 12.1. The number of carbonyl (C=O) groups excluding carboxylic acids is 1. The minimum atomic E-state index is -2.90. The lowest BCUT2D eigenvalue weighted by Crippen LogP contribution is -2.29. The molecule has 2 aromatic rings. The summed E-state index contributed by atoms with van der Waals surface area (Å²) in [5, 5.41) is 12.7. The molecule has 140 valence electrons. The Morgan fingerprint density at radius 1 is 1.38 bits per heavy atom. The number of H-pyrrole nitrogens is 1. The van der Waals surface area contributed by atoms with Crippen LogP contribution < -0.4 is 15.4 Å². The highest BCUT2D eigenvalue weighted by Crippen LogP contribution is 2.26. The van der Waals surface area contributed by atoms with E-state index < -0.39 is 6.61 Å². The van der Waals surface area contributed by atoms with Gasteiger partial charge >= 0.3 is 6.61 Å². The van der Waals surface area contributed by atoms with Crippen LogP contribution in [-0.2, 0) is 0 Å². The van der Waals surface area contributed by atoms with Crippen molar-refractivity contribution in [2.24, 2.45) is 0 Å². The first kappa shape index (κ1) is 19.9.